The molecule has 3 aromatic rings. The van der Waals surface area contributed by atoms with E-state index in [4.69, 9.17) is 0 Å². The summed E-state index contributed by atoms with van der Waals surface area (Å²) >= 11 is 0. The molecular formula is C31H37F2N3O4S. The van der Waals surface area contributed by atoms with Gasteiger partial charge in [-0.1, -0.05) is 74.5 Å². The van der Waals surface area contributed by atoms with Crippen molar-refractivity contribution < 1.29 is 26.8 Å². The number of anilines is 1. The molecule has 0 radical (unpaired) electrons. The average molecular weight is 586 g/mol. The molecule has 3 aromatic carbocycles. The van der Waals surface area contributed by atoms with Crippen molar-refractivity contribution in [1.82, 2.24) is 10.2 Å². The van der Waals surface area contributed by atoms with Crippen LogP contribution in [0.1, 0.15) is 37.8 Å². The van der Waals surface area contributed by atoms with E-state index in [0.717, 1.165) is 33.8 Å². The van der Waals surface area contributed by atoms with E-state index in [1.54, 1.807) is 4.90 Å². The summed E-state index contributed by atoms with van der Waals surface area (Å²) < 4.78 is 53.2. The highest BCUT2D eigenvalue weighted by atomic mass is 32.2. The topological polar surface area (TPSA) is 86.8 Å². The van der Waals surface area contributed by atoms with Crippen LogP contribution in [0.25, 0.3) is 0 Å². The maximum Gasteiger partial charge on any atom is 0.243 e. The van der Waals surface area contributed by atoms with Crippen LogP contribution >= 0.6 is 0 Å². The number of nitrogens with zero attached hydrogens (tertiary/aromatic N) is 2. The molecule has 0 heterocycles. The SMILES string of the molecule is CC(C)CNC(=O)[C@H](Cc1ccccc1)N(Cc1ccccc1)C(=O)CCCN(c1ccc(F)c(F)c1)S(C)(=O)=O. The Morgan fingerprint density at radius 2 is 1.49 bits per heavy atom. The van der Waals surface area contributed by atoms with Crippen LogP contribution < -0.4 is 9.62 Å². The van der Waals surface area contributed by atoms with Crippen LogP contribution in [0.15, 0.2) is 78.9 Å². The Labute approximate surface area is 241 Å². The van der Waals surface area contributed by atoms with E-state index in [-0.39, 0.29) is 49.4 Å². The molecule has 7 nitrogen and oxygen atoms in total. The largest absolute Gasteiger partial charge is 0.354 e. The minimum atomic E-state index is -3.85. The van der Waals surface area contributed by atoms with Gasteiger partial charge in [0.15, 0.2) is 11.6 Å². The zero-order valence-electron chi connectivity index (χ0n) is 23.6. The summed E-state index contributed by atoms with van der Waals surface area (Å²) in [4.78, 5) is 28.8. The first kappa shape index (κ1) is 31.7. The van der Waals surface area contributed by atoms with Gasteiger partial charge in [0.1, 0.15) is 6.04 Å². The molecule has 41 heavy (non-hydrogen) atoms. The maximum atomic E-state index is 13.9. The molecule has 0 aromatic heterocycles. The fourth-order valence-corrected chi connectivity index (χ4v) is 5.36. The minimum absolute atomic E-state index is 0.0324. The van der Waals surface area contributed by atoms with Crippen molar-refractivity contribution in [2.75, 3.05) is 23.7 Å². The first-order valence-corrected chi connectivity index (χ1v) is 15.4. The van der Waals surface area contributed by atoms with Crippen molar-refractivity contribution in [3.8, 4) is 0 Å². The second-order valence-electron chi connectivity index (χ2n) is 10.4. The average Bonchev–Trinajstić information content (AvgIpc) is 2.93. The quantitative estimate of drug-likeness (QED) is 0.291. The lowest BCUT2D eigenvalue weighted by Gasteiger charge is -2.32. The summed E-state index contributed by atoms with van der Waals surface area (Å²) in [6.07, 6.45) is 1.30. The maximum absolute atomic E-state index is 13.9. The van der Waals surface area contributed by atoms with Crippen molar-refractivity contribution in [3.05, 3.63) is 102 Å². The van der Waals surface area contributed by atoms with E-state index in [1.807, 2.05) is 74.5 Å². The number of benzene rings is 3. The highest BCUT2D eigenvalue weighted by molar-refractivity contribution is 7.92. The summed E-state index contributed by atoms with van der Waals surface area (Å²) in [6.45, 7) is 4.48. The summed E-state index contributed by atoms with van der Waals surface area (Å²) in [7, 11) is -3.85. The molecule has 1 atom stereocenters. The van der Waals surface area contributed by atoms with Crippen LogP contribution in [-0.4, -0.2) is 50.5 Å². The highest BCUT2D eigenvalue weighted by Crippen LogP contribution is 2.22. The van der Waals surface area contributed by atoms with Crippen LogP contribution in [0.5, 0.6) is 0 Å². The van der Waals surface area contributed by atoms with Gasteiger partial charge in [-0.05, 0) is 35.6 Å². The van der Waals surface area contributed by atoms with Crippen LogP contribution in [0.3, 0.4) is 0 Å². The fraction of sp³-hybridized carbons (Fsp3) is 0.355. The number of halogens is 2. The number of hydrogen-bond acceptors (Lipinski definition) is 4. The Morgan fingerprint density at radius 1 is 0.878 bits per heavy atom. The van der Waals surface area contributed by atoms with E-state index < -0.39 is 27.7 Å². The Bertz CT molecular complexity index is 1400. The van der Waals surface area contributed by atoms with Gasteiger partial charge >= 0.3 is 0 Å². The number of sulfonamides is 1. The third-order valence-electron chi connectivity index (χ3n) is 6.49. The first-order valence-electron chi connectivity index (χ1n) is 13.5. The molecular weight excluding hydrogens is 548 g/mol. The predicted octanol–water partition coefficient (Wildman–Crippen LogP) is 4.92. The molecule has 2 amide bonds. The van der Waals surface area contributed by atoms with Gasteiger partial charge in [0.2, 0.25) is 21.8 Å². The van der Waals surface area contributed by atoms with Gasteiger partial charge in [0.05, 0.1) is 11.9 Å². The standard InChI is InChI=1S/C31H37F2N3O4S/c1-23(2)21-34-31(38)29(19-24-11-6-4-7-12-24)35(22-25-13-8-5-9-14-25)30(37)15-10-18-36(41(3,39)40)26-16-17-27(32)28(33)20-26/h4-9,11-14,16-17,20,23,29H,10,15,18-19,21-22H2,1-3H3,(H,34,38)/t29-/m0/s1. The Balaban J connectivity index is 1.86. The second-order valence-corrected chi connectivity index (χ2v) is 12.3. The molecule has 0 aliphatic carbocycles. The third-order valence-corrected chi connectivity index (χ3v) is 7.69. The molecule has 0 spiro atoms. The molecule has 0 unspecified atom stereocenters. The normalized spacial score (nSPS) is 12.1. The number of nitrogens with one attached hydrogen (secondary N) is 1. The van der Waals surface area contributed by atoms with Gasteiger partial charge in [-0.15, -0.1) is 0 Å². The fourth-order valence-electron chi connectivity index (χ4n) is 4.40. The van der Waals surface area contributed by atoms with Gasteiger partial charge in [-0.3, -0.25) is 13.9 Å². The smallest absolute Gasteiger partial charge is 0.243 e. The zero-order valence-corrected chi connectivity index (χ0v) is 24.4. The molecule has 0 aliphatic rings. The molecule has 0 aliphatic heterocycles. The summed E-state index contributed by atoms with van der Waals surface area (Å²) in [5.74, 6) is -2.64. The molecule has 0 saturated carbocycles. The summed E-state index contributed by atoms with van der Waals surface area (Å²) in [5.41, 5.74) is 1.70. The van der Waals surface area contributed by atoms with Gasteiger partial charge in [-0.25, -0.2) is 17.2 Å². The van der Waals surface area contributed by atoms with Crippen molar-refractivity contribution in [3.63, 3.8) is 0 Å². The van der Waals surface area contributed by atoms with Crippen LogP contribution in [0.4, 0.5) is 14.5 Å². The van der Waals surface area contributed by atoms with Crippen molar-refractivity contribution in [2.24, 2.45) is 5.92 Å². The highest BCUT2D eigenvalue weighted by Gasteiger charge is 2.30. The number of amides is 2. The molecule has 0 bridgehead atoms. The Kier molecular flexibility index (Phi) is 11.4. The van der Waals surface area contributed by atoms with Gasteiger partial charge < -0.3 is 10.2 Å². The van der Waals surface area contributed by atoms with E-state index in [9.17, 15) is 26.8 Å². The minimum Gasteiger partial charge on any atom is -0.354 e. The van der Waals surface area contributed by atoms with Gasteiger partial charge in [0, 0.05) is 38.5 Å². The molecule has 220 valence electrons. The second kappa shape index (κ2) is 14.7. The predicted molar refractivity (Wildman–Crippen MR) is 157 cm³/mol. The van der Waals surface area contributed by atoms with Crippen molar-refractivity contribution in [1.29, 1.82) is 0 Å². The molecule has 10 heteroatoms. The molecule has 0 fully saturated rings. The number of rotatable bonds is 14. The van der Waals surface area contributed by atoms with Crippen LogP contribution in [-0.2, 0) is 32.6 Å². The van der Waals surface area contributed by atoms with E-state index in [1.165, 1.54) is 6.07 Å². The summed E-state index contributed by atoms with van der Waals surface area (Å²) in [6, 6.07) is 20.8. The third kappa shape index (κ3) is 9.67. The van der Waals surface area contributed by atoms with Gasteiger partial charge in [0.25, 0.3) is 0 Å². The lowest BCUT2D eigenvalue weighted by molar-refractivity contribution is -0.141. The molecule has 0 saturated heterocycles. The Morgan fingerprint density at radius 3 is 2.05 bits per heavy atom. The number of carbonyl (C=O) groups excluding carboxylic acids is 2. The van der Waals surface area contributed by atoms with Crippen molar-refractivity contribution in [2.45, 2.75) is 45.7 Å². The van der Waals surface area contributed by atoms with Gasteiger partial charge in [-0.2, -0.15) is 0 Å². The molecule has 1 N–H and O–H groups in total. The van der Waals surface area contributed by atoms with Crippen molar-refractivity contribution >= 4 is 27.5 Å². The zero-order chi connectivity index (χ0) is 30.0. The first-order chi connectivity index (χ1) is 19.5. The van der Waals surface area contributed by atoms with Crippen LogP contribution in [0, 0.1) is 17.6 Å². The monoisotopic (exact) mass is 585 g/mol. The lowest BCUT2D eigenvalue weighted by Crippen LogP contribution is -2.51. The Hall–Kier alpha value is -3.79. The van der Waals surface area contributed by atoms with E-state index in [2.05, 4.69) is 5.32 Å². The number of hydrogen-bond donors (Lipinski definition) is 1. The van der Waals surface area contributed by atoms with Crippen LogP contribution in [0.2, 0.25) is 0 Å². The summed E-state index contributed by atoms with van der Waals surface area (Å²) in [5, 5.41) is 2.96. The lowest BCUT2D eigenvalue weighted by atomic mass is 10.0. The van der Waals surface area contributed by atoms with E-state index in [0.29, 0.717) is 13.0 Å². The number of carbonyl (C=O) groups is 2. The molecule has 3 rings (SSSR count). The van der Waals surface area contributed by atoms with E-state index >= 15 is 0 Å².